The number of hydrogen-bond acceptors (Lipinski definition) is 7. The Morgan fingerprint density at radius 2 is 2.19 bits per heavy atom. The maximum atomic E-state index is 12.5. The average Bonchev–Trinajstić information content (AvgIpc) is 3.42. The molecule has 0 aliphatic heterocycles. The number of carbonyl (C=O) groups is 1. The highest BCUT2D eigenvalue weighted by Crippen LogP contribution is 2.22. The first kappa shape index (κ1) is 17.0. The van der Waals surface area contributed by atoms with Crippen LogP contribution in [0.25, 0.3) is 11.4 Å². The lowest BCUT2D eigenvalue weighted by Gasteiger charge is -2.02. The largest absolute Gasteiger partial charge is 0.455 e. The van der Waals surface area contributed by atoms with Crippen molar-refractivity contribution in [3.05, 3.63) is 60.4 Å². The Balaban J connectivity index is 1.43. The summed E-state index contributed by atoms with van der Waals surface area (Å²) in [6.45, 7) is 0. The molecule has 0 aliphatic carbocycles. The molecule has 10 heteroatoms. The zero-order chi connectivity index (χ0) is 18.6. The molecule has 0 aromatic carbocycles. The molecule has 4 heterocycles. The quantitative estimate of drug-likeness (QED) is 0.494. The predicted molar refractivity (Wildman–Crippen MR) is 99.0 cm³/mol. The van der Waals surface area contributed by atoms with Crippen molar-refractivity contribution in [1.29, 1.82) is 0 Å². The number of nitrogens with zero attached hydrogens (tertiary/aromatic N) is 5. The summed E-state index contributed by atoms with van der Waals surface area (Å²) < 4.78 is 7.20. The highest BCUT2D eigenvalue weighted by Gasteiger charge is 2.15. The number of anilines is 1. The van der Waals surface area contributed by atoms with Gasteiger partial charge in [-0.05, 0) is 24.3 Å². The zero-order valence-electron chi connectivity index (χ0n) is 14.3. The van der Waals surface area contributed by atoms with Crippen molar-refractivity contribution >= 4 is 23.5 Å². The number of aromatic nitrogens is 6. The number of furan rings is 1. The van der Waals surface area contributed by atoms with E-state index < -0.39 is 0 Å². The number of carbonyl (C=O) groups excluding carboxylic acids is 1. The second kappa shape index (κ2) is 7.46. The highest BCUT2D eigenvalue weighted by molar-refractivity contribution is 7.98. The molecule has 0 saturated heterocycles. The van der Waals surface area contributed by atoms with Gasteiger partial charge >= 0.3 is 0 Å². The Labute approximate surface area is 158 Å². The molecule has 1 amide bonds. The van der Waals surface area contributed by atoms with Crippen LogP contribution in [0.3, 0.4) is 0 Å². The van der Waals surface area contributed by atoms with Gasteiger partial charge in [0.1, 0.15) is 23.6 Å². The highest BCUT2D eigenvalue weighted by atomic mass is 32.2. The van der Waals surface area contributed by atoms with Gasteiger partial charge in [-0.25, -0.2) is 4.98 Å². The number of amides is 1. The lowest BCUT2D eigenvalue weighted by molar-refractivity contribution is 0.0994. The fourth-order valence-electron chi connectivity index (χ4n) is 2.38. The van der Waals surface area contributed by atoms with E-state index in [0.29, 0.717) is 28.2 Å². The summed E-state index contributed by atoms with van der Waals surface area (Å²) in [4.78, 5) is 20.8. The molecule has 0 spiro atoms. The molecule has 4 rings (SSSR count). The van der Waals surface area contributed by atoms with Gasteiger partial charge in [-0.2, -0.15) is 10.2 Å². The topological polar surface area (TPSA) is 115 Å². The predicted octanol–water partition coefficient (Wildman–Crippen LogP) is 2.74. The molecule has 4 aromatic rings. The van der Waals surface area contributed by atoms with Gasteiger partial charge in [-0.15, -0.1) is 0 Å². The lowest BCUT2D eigenvalue weighted by atomic mass is 10.3. The van der Waals surface area contributed by atoms with Gasteiger partial charge in [-0.3, -0.25) is 19.6 Å². The summed E-state index contributed by atoms with van der Waals surface area (Å²) in [5.74, 6) is 1.64. The number of pyridine rings is 1. The number of nitrogens with one attached hydrogen (secondary N) is 2. The molecular formula is C17H15N7O2S. The monoisotopic (exact) mass is 381 g/mol. The van der Waals surface area contributed by atoms with Gasteiger partial charge in [0.2, 0.25) is 0 Å². The van der Waals surface area contributed by atoms with Crippen LogP contribution in [0.4, 0.5) is 5.82 Å². The first-order valence-corrected chi connectivity index (χ1v) is 9.01. The van der Waals surface area contributed by atoms with Crippen LogP contribution < -0.4 is 5.32 Å². The third kappa shape index (κ3) is 3.90. The van der Waals surface area contributed by atoms with E-state index in [1.807, 2.05) is 18.2 Å². The van der Waals surface area contributed by atoms with Crippen LogP contribution in [0, 0.1) is 0 Å². The van der Waals surface area contributed by atoms with Crippen LogP contribution in [0.5, 0.6) is 0 Å². The molecule has 136 valence electrons. The number of hydrogen-bond donors (Lipinski definition) is 2. The minimum Gasteiger partial charge on any atom is -0.455 e. The van der Waals surface area contributed by atoms with E-state index in [1.54, 1.807) is 36.1 Å². The van der Waals surface area contributed by atoms with Crippen LogP contribution in [-0.4, -0.2) is 35.9 Å². The van der Waals surface area contributed by atoms with Gasteiger partial charge in [0, 0.05) is 19.3 Å². The summed E-state index contributed by atoms with van der Waals surface area (Å²) in [6.07, 6.45) is 3.14. The maximum absolute atomic E-state index is 12.5. The molecule has 0 bridgehead atoms. The van der Waals surface area contributed by atoms with Crippen molar-refractivity contribution in [2.24, 2.45) is 7.05 Å². The standard InChI is InChI=1S/C17H15N7O2S/c1-24-15(8-13(23-24)12-4-2-3-7-18-12)21-16(25)14-6-5-11(26-14)9-27-17-19-10-20-22-17/h2-8,10H,9H2,1H3,(H,21,25)(H,19,20,22). The summed E-state index contributed by atoms with van der Waals surface area (Å²) in [7, 11) is 1.75. The van der Waals surface area contributed by atoms with E-state index in [0.717, 1.165) is 5.69 Å². The average molecular weight is 381 g/mol. The van der Waals surface area contributed by atoms with E-state index in [1.165, 1.54) is 18.1 Å². The second-order valence-electron chi connectivity index (χ2n) is 5.55. The fraction of sp³-hybridized carbons (Fsp3) is 0.118. The van der Waals surface area contributed by atoms with E-state index in [2.05, 4.69) is 30.6 Å². The van der Waals surface area contributed by atoms with E-state index >= 15 is 0 Å². The van der Waals surface area contributed by atoms with Crippen molar-refractivity contribution in [2.75, 3.05) is 5.32 Å². The molecule has 2 N–H and O–H groups in total. The molecule has 0 saturated carbocycles. The summed E-state index contributed by atoms with van der Waals surface area (Å²) in [5.41, 5.74) is 1.41. The molecule has 4 aromatic heterocycles. The Morgan fingerprint density at radius 1 is 1.26 bits per heavy atom. The second-order valence-corrected chi connectivity index (χ2v) is 6.52. The van der Waals surface area contributed by atoms with Crippen molar-refractivity contribution in [2.45, 2.75) is 10.9 Å². The van der Waals surface area contributed by atoms with Crippen molar-refractivity contribution in [1.82, 2.24) is 29.9 Å². The molecule has 0 radical (unpaired) electrons. The molecule has 0 atom stereocenters. The summed E-state index contributed by atoms with van der Waals surface area (Å²) in [6, 6.07) is 10.8. The Bertz CT molecular complexity index is 1040. The minimum absolute atomic E-state index is 0.226. The lowest BCUT2D eigenvalue weighted by Crippen LogP contribution is -2.13. The van der Waals surface area contributed by atoms with Gasteiger partial charge in [0.15, 0.2) is 10.9 Å². The van der Waals surface area contributed by atoms with Crippen LogP contribution >= 0.6 is 11.8 Å². The number of aromatic amines is 1. The molecule has 0 fully saturated rings. The van der Waals surface area contributed by atoms with Gasteiger partial charge in [0.05, 0.1) is 11.4 Å². The summed E-state index contributed by atoms with van der Waals surface area (Å²) >= 11 is 1.44. The fourth-order valence-corrected chi connectivity index (χ4v) is 3.06. The first-order chi connectivity index (χ1) is 13.2. The molecular weight excluding hydrogens is 366 g/mol. The Morgan fingerprint density at radius 3 is 2.96 bits per heavy atom. The number of aryl methyl sites for hydroxylation is 1. The number of H-pyrrole nitrogens is 1. The van der Waals surface area contributed by atoms with Gasteiger partial charge < -0.3 is 9.73 Å². The summed E-state index contributed by atoms with van der Waals surface area (Å²) in [5, 5.41) is 14.4. The smallest absolute Gasteiger partial charge is 0.292 e. The van der Waals surface area contributed by atoms with Crippen LogP contribution in [-0.2, 0) is 12.8 Å². The third-order valence-corrected chi connectivity index (χ3v) is 4.58. The molecule has 0 aliphatic rings. The minimum atomic E-state index is -0.346. The number of rotatable bonds is 6. The SMILES string of the molecule is Cn1nc(-c2ccccn2)cc1NC(=O)c1ccc(CSc2ncn[nH]2)o1. The Kier molecular flexibility index (Phi) is 4.71. The van der Waals surface area contributed by atoms with Gasteiger partial charge in [-0.1, -0.05) is 17.8 Å². The normalized spacial score (nSPS) is 10.9. The van der Waals surface area contributed by atoms with Crippen LogP contribution in [0.1, 0.15) is 16.3 Å². The van der Waals surface area contributed by atoms with Crippen LogP contribution in [0.2, 0.25) is 0 Å². The van der Waals surface area contributed by atoms with E-state index in [-0.39, 0.29) is 11.7 Å². The van der Waals surface area contributed by atoms with E-state index in [4.69, 9.17) is 4.42 Å². The Hall–Kier alpha value is -3.40. The van der Waals surface area contributed by atoms with Crippen molar-refractivity contribution in [3.63, 3.8) is 0 Å². The van der Waals surface area contributed by atoms with Crippen molar-refractivity contribution < 1.29 is 9.21 Å². The van der Waals surface area contributed by atoms with Crippen molar-refractivity contribution in [3.8, 4) is 11.4 Å². The molecule has 0 unspecified atom stereocenters. The number of thioether (sulfide) groups is 1. The third-order valence-electron chi connectivity index (χ3n) is 3.68. The zero-order valence-corrected chi connectivity index (χ0v) is 15.1. The van der Waals surface area contributed by atoms with Crippen LogP contribution in [0.15, 0.2) is 58.5 Å². The van der Waals surface area contributed by atoms with E-state index in [9.17, 15) is 4.79 Å². The maximum Gasteiger partial charge on any atom is 0.292 e. The van der Waals surface area contributed by atoms with Gasteiger partial charge in [0.25, 0.3) is 5.91 Å². The molecule has 27 heavy (non-hydrogen) atoms. The molecule has 9 nitrogen and oxygen atoms in total. The first-order valence-electron chi connectivity index (χ1n) is 8.03.